The molecule has 1 atom stereocenters. The van der Waals surface area contributed by atoms with Crippen molar-refractivity contribution in [2.24, 2.45) is 11.8 Å². The summed E-state index contributed by atoms with van der Waals surface area (Å²) >= 11 is 0. The average molecular weight is 293 g/mol. The highest BCUT2D eigenvalue weighted by molar-refractivity contribution is 4.87. The fourth-order valence-electron chi connectivity index (χ4n) is 5.11. The van der Waals surface area contributed by atoms with E-state index in [0.717, 1.165) is 23.9 Å². The number of rotatable bonds is 4. The quantitative estimate of drug-likeness (QED) is 0.768. The van der Waals surface area contributed by atoms with Crippen LogP contribution in [0.2, 0.25) is 0 Å². The van der Waals surface area contributed by atoms with E-state index in [0.29, 0.717) is 0 Å². The minimum atomic E-state index is 0.913. The molecule has 1 unspecified atom stereocenters. The normalized spacial score (nSPS) is 35.1. The Labute approximate surface area is 132 Å². The largest absolute Gasteiger partial charge is 0.298 e. The van der Waals surface area contributed by atoms with Crippen LogP contribution in [0.3, 0.4) is 0 Å². The molecule has 3 rings (SSSR count). The van der Waals surface area contributed by atoms with Gasteiger partial charge in [-0.15, -0.1) is 0 Å². The summed E-state index contributed by atoms with van der Waals surface area (Å²) in [7, 11) is 0. The molecule has 2 saturated carbocycles. The third-order valence-electron chi connectivity index (χ3n) is 6.90. The molecular weight excluding hydrogens is 256 g/mol. The van der Waals surface area contributed by atoms with Gasteiger partial charge in [-0.1, -0.05) is 33.1 Å². The van der Waals surface area contributed by atoms with Gasteiger partial charge >= 0.3 is 0 Å². The number of piperazine rings is 1. The van der Waals surface area contributed by atoms with Crippen molar-refractivity contribution in [3.05, 3.63) is 0 Å². The lowest BCUT2D eigenvalue weighted by Gasteiger charge is -2.44. The van der Waals surface area contributed by atoms with Crippen molar-refractivity contribution >= 4 is 0 Å². The van der Waals surface area contributed by atoms with Gasteiger partial charge in [0.1, 0.15) is 0 Å². The predicted molar refractivity (Wildman–Crippen MR) is 90.6 cm³/mol. The van der Waals surface area contributed by atoms with E-state index in [-0.39, 0.29) is 0 Å². The molecule has 21 heavy (non-hydrogen) atoms. The molecule has 0 N–H and O–H groups in total. The third kappa shape index (κ3) is 3.82. The van der Waals surface area contributed by atoms with E-state index in [9.17, 15) is 0 Å². The van der Waals surface area contributed by atoms with Gasteiger partial charge in [-0.2, -0.15) is 0 Å². The monoisotopic (exact) mass is 292 g/mol. The number of nitrogens with zero attached hydrogens (tertiary/aromatic N) is 2. The van der Waals surface area contributed by atoms with E-state index in [1.54, 1.807) is 0 Å². The SMILES string of the molecule is CCC(C)C1CCC(N2CCN(C3CCCC3)CC2)CC1. The van der Waals surface area contributed by atoms with E-state index in [1.807, 2.05) is 0 Å². The second-order valence-corrected chi connectivity index (χ2v) is 7.96. The molecule has 0 radical (unpaired) electrons. The second-order valence-electron chi connectivity index (χ2n) is 7.96. The van der Waals surface area contributed by atoms with Crippen LogP contribution in [0, 0.1) is 11.8 Å². The highest BCUT2D eigenvalue weighted by Crippen LogP contribution is 2.34. The van der Waals surface area contributed by atoms with Gasteiger partial charge in [-0.05, 0) is 50.4 Å². The third-order valence-corrected chi connectivity index (χ3v) is 6.90. The first-order valence-corrected chi connectivity index (χ1v) is 9.76. The predicted octanol–water partition coefficient (Wildman–Crippen LogP) is 4.15. The van der Waals surface area contributed by atoms with Crippen molar-refractivity contribution in [2.75, 3.05) is 26.2 Å². The topological polar surface area (TPSA) is 6.48 Å². The van der Waals surface area contributed by atoms with Crippen molar-refractivity contribution in [2.45, 2.75) is 83.7 Å². The van der Waals surface area contributed by atoms with Gasteiger partial charge in [-0.3, -0.25) is 9.80 Å². The number of hydrogen-bond donors (Lipinski definition) is 0. The van der Waals surface area contributed by atoms with Crippen LogP contribution in [0.5, 0.6) is 0 Å². The summed E-state index contributed by atoms with van der Waals surface area (Å²) in [5.74, 6) is 1.97. The van der Waals surface area contributed by atoms with Crippen LogP contribution in [0.1, 0.15) is 71.6 Å². The fourth-order valence-corrected chi connectivity index (χ4v) is 5.11. The van der Waals surface area contributed by atoms with Crippen LogP contribution in [0.4, 0.5) is 0 Å². The van der Waals surface area contributed by atoms with Gasteiger partial charge in [0.05, 0.1) is 0 Å². The zero-order chi connectivity index (χ0) is 14.7. The lowest BCUT2D eigenvalue weighted by molar-refractivity contribution is 0.0471. The molecule has 2 nitrogen and oxygen atoms in total. The zero-order valence-electron chi connectivity index (χ0n) is 14.4. The van der Waals surface area contributed by atoms with Crippen LogP contribution in [0.15, 0.2) is 0 Å². The Kier molecular flexibility index (Phi) is 5.61. The van der Waals surface area contributed by atoms with E-state index >= 15 is 0 Å². The maximum absolute atomic E-state index is 2.83. The van der Waals surface area contributed by atoms with Crippen molar-refractivity contribution in [1.82, 2.24) is 9.80 Å². The lowest BCUT2D eigenvalue weighted by Crippen LogP contribution is -2.53. The molecule has 0 amide bonds. The summed E-state index contributed by atoms with van der Waals surface area (Å²) in [6.45, 7) is 10.2. The summed E-state index contributed by atoms with van der Waals surface area (Å²) in [6, 6.07) is 1.85. The van der Waals surface area contributed by atoms with Gasteiger partial charge in [0.2, 0.25) is 0 Å². The van der Waals surface area contributed by atoms with Gasteiger partial charge in [0.15, 0.2) is 0 Å². The molecule has 0 aromatic rings. The molecule has 122 valence electrons. The molecule has 0 aromatic carbocycles. The van der Waals surface area contributed by atoms with E-state index in [4.69, 9.17) is 0 Å². The summed E-state index contributed by atoms with van der Waals surface area (Å²) in [4.78, 5) is 5.63. The summed E-state index contributed by atoms with van der Waals surface area (Å²) in [6.07, 6.45) is 13.2. The Morgan fingerprint density at radius 3 is 1.71 bits per heavy atom. The van der Waals surface area contributed by atoms with Crippen LogP contribution < -0.4 is 0 Å². The smallest absolute Gasteiger partial charge is 0.0113 e. The van der Waals surface area contributed by atoms with Gasteiger partial charge in [0, 0.05) is 38.3 Å². The Morgan fingerprint density at radius 2 is 1.24 bits per heavy atom. The Bertz CT molecular complexity index is 295. The zero-order valence-corrected chi connectivity index (χ0v) is 14.4. The molecule has 0 aromatic heterocycles. The highest BCUT2D eigenvalue weighted by Gasteiger charge is 2.31. The molecule has 2 heteroatoms. The molecular formula is C19H36N2. The van der Waals surface area contributed by atoms with Crippen molar-refractivity contribution in [3.8, 4) is 0 Å². The van der Waals surface area contributed by atoms with Crippen LogP contribution >= 0.6 is 0 Å². The van der Waals surface area contributed by atoms with Gasteiger partial charge in [0.25, 0.3) is 0 Å². The summed E-state index contributed by atoms with van der Waals surface area (Å²) < 4.78 is 0. The summed E-state index contributed by atoms with van der Waals surface area (Å²) in [5, 5.41) is 0. The lowest BCUT2D eigenvalue weighted by atomic mass is 9.77. The minimum Gasteiger partial charge on any atom is -0.298 e. The molecule has 2 aliphatic carbocycles. The van der Waals surface area contributed by atoms with Gasteiger partial charge < -0.3 is 0 Å². The molecule has 0 bridgehead atoms. The maximum atomic E-state index is 2.83. The molecule has 3 fully saturated rings. The van der Waals surface area contributed by atoms with E-state index in [2.05, 4.69) is 23.6 Å². The molecule has 0 spiro atoms. The Hall–Kier alpha value is -0.0800. The first-order valence-electron chi connectivity index (χ1n) is 9.76. The van der Waals surface area contributed by atoms with E-state index < -0.39 is 0 Å². The first-order chi connectivity index (χ1) is 10.3. The van der Waals surface area contributed by atoms with Crippen molar-refractivity contribution < 1.29 is 0 Å². The number of hydrogen-bond acceptors (Lipinski definition) is 2. The summed E-state index contributed by atoms with van der Waals surface area (Å²) in [5.41, 5.74) is 0. The fraction of sp³-hybridized carbons (Fsp3) is 1.00. The molecule has 1 saturated heterocycles. The first kappa shape index (κ1) is 15.8. The standard InChI is InChI=1S/C19H36N2/c1-3-16(2)17-8-10-19(11-9-17)21-14-12-20(13-15-21)18-6-4-5-7-18/h16-19H,3-15H2,1-2H3. The van der Waals surface area contributed by atoms with Crippen molar-refractivity contribution in [3.63, 3.8) is 0 Å². The highest BCUT2D eigenvalue weighted by atomic mass is 15.3. The second kappa shape index (κ2) is 7.46. The van der Waals surface area contributed by atoms with Crippen LogP contribution in [-0.2, 0) is 0 Å². The van der Waals surface area contributed by atoms with E-state index in [1.165, 1.54) is 84.0 Å². The van der Waals surface area contributed by atoms with Gasteiger partial charge in [-0.25, -0.2) is 0 Å². The Balaban J connectivity index is 1.41. The Morgan fingerprint density at radius 1 is 0.762 bits per heavy atom. The molecule has 1 heterocycles. The van der Waals surface area contributed by atoms with Crippen LogP contribution in [0.25, 0.3) is 0 Å². The average Bonchev–Trinajstić information content (AvgIpc) is 3.09. The molecule has 3 aliphatic rings. The van der Waals surface area contributed by atoms with Crippen LogP contribution in [-0.4, -0.2) is 48.1 Å². The minimum absolute atomic E-state index is 0.913. The van der Waals surface area contributed by atoms with Crippen molar-refractivity contribution in [1.29, 1.82) is 0 Å². The molecule has 1 aliphatic heterocycles. The maximum Gasteiger partial charge on any atom is 0.0113 e.